The second kappa shape index (κ2) is 11.3. The molecule has 0 spiro atoms. The number of carboxylic acids is 1. The van der Waals surface area contributed by atoms with Crippen LogP contribution in [-0.4, -0.2) is 38.1 Å². The topological polar surface area (TPSA) is 89.9 Å². The van der Waals surface area contributed by atoms with Crippen LogP contribution in [0.15, 0.2) is 83.8 Å². The van der Waals surface area contributed by atoms with E-state index < -0.39 is 22.7 Å². The molecular weight excluding hydrogens is 484 g/mol. The van der Waals surface area contributed by atoms with Gasteiger partial charge in [-0.15, -0.1) is 11.8 Å². The van der Waals surface area contributed by atoms with Gasteiger partial charge in [-0.1, -0.05) is 66.2 Å². The highest BCUT2D eigenvalue weighted by Gasteiger charge is 2.14. The Hall–Kier alpha value is -2.94. The first-order valence-corrected chi connectivity index (χ1v) is 12.9. The summed E-state index contributed by atoms with van der Waals surface area (Å²) in [5, 5.41) is 9.17. The maximum absolute atomic E-state index is 11.8. The molecule has 0 saturated heterocycles. The van der Waals surface area contributed by atoms with Gasteiger partial charge in [-0.3, -0.25) is 0 Å². The molecule has 0 atom stereocenters. The Morgan fingerprint density at radius 3 is 2.42 bits per heavy atom. The van der Waals surface area contributed by atoms with E-state index >= 15 is 0 Å². The monoisotopic (exact) mass is 504 g/mol. The second-order valence-electron chi connectivity index (χ2n) is 6.85. The minimum absolute atomic E-state index is 0.248. The van der Waals surface area contributed by atoms with Gasteiger partial charge in [0.05, 0.1) is 11.3 Å². The van der Waals surface area contributed by atoms with Crippen molar-refractivity contribution in [1.82, 2.24) is 0 Å². The number of thioether (sulfide) groups is 1. The predicted molar refractivity (Wildman–Crippen MR) is 131 cm³/mol. The molecule has 0 amide bonds. The first kappa shape index (κ1) is 24.7. The van der Waals surface area contributed by atoms with Crippen LogP contribution in [0, 0.1) is 0 Å². The smallest absolute Gasteiger partial charge is 0.341 e. The molecule has 6 nitrogen and oxygen atoms in total. The molecule has 3 aromatic rings. The third-order valence-corrected chi connectivity index (χ3v) is 6.20. The molecule has 1 N–H and O–H groups in total. The molecule has 172 valence electrons. The summed E-state index contributed by atoms with van der Waals surface area (Å²) in [5.74, 6) is 0.0902. The van der Waals surface area contributed by atoms with Crippen LogP contribution in [0.2, 0.25) is 5.02 Å². The SMILES string of the molecule is CS(=O)(=O)Oc1ccccc1/C(=C\CSc1ccc(OCC(=O)O)cc1Cl)c1ccccc1. The van der Waals surface area contributed by atoms with Gasteiger partial charge in [-0.2, -0.15) is 8.42 Å². The number of rotatable bonds is 10. The Labute approximate surface area is 201 Å². The maximum Gasteiger partial charge on any atom is 0.341 e. The Morgan fingerprint density at radius 1 is 1.06 bits per heavy atom. The molecule has 0 unspecified atom stereocenters. The number of benzene rings is 3. The molecule has 0 aliphatic carbocycles. The third kappa shape index (κ3) is 7.56. The van der Waals surface area contributed by atoms with Crippen LogP contribution < -0.4 is 8.92 Å². The van der Waals surface area contributed by atoms with E-state index in [-0.39, 0.29) is 5.75 Å². The van der Waals surface area contributed by atoms with E-state index in [1.807, 2.05) is 48.5 Å². The van der Waals surface area contributed by atoms with E-state index in [4.69, 9.17) is 25.6 Å². The fourth-order valence-corrected chi connectivity index (χ4v) is 4.57. The molecule has 3 aromatic carbocycles. The molecule has 0 aliphatic rings. The van der Waals surface area contributed by atoms with Crippen molar-refractivity contribution in [3.63, 3.8) is 0 Å². The molecule has 3 rings (SSSR count). The molecule has 0 bridgehead atoms. The van der Waals surface area contributed by atoms with Crippen LogP contribution in [0.4, 0.5) is 0 Å². The van der Waals surface area contributed by atoms with Crippen LogP contribution >= 0.6 is 23.4 Å². The lowest BCUT2D eigenvalue weighted by atomic mass is 9.97. The Bertz CT molecular complexity index is 1260. The lowest BCUT2D eigenvalue weighted by Gasteiger charge is -2.14. The lowest BCUT2D eigenvalue weighted by Crippen LogP contribution is -2.09. The Morgan fingerprint density at radius 2 is 1.76 bits per heavy atom. The lowest BCUT2D eigenvalue weighted by molar-refractivity contribution is -0.139. The summed E-state index contributed by atoms with van der Waals surface area (Å²) in [7, 11) is -3.70. The van der Waals surface area contributed by atoms with Crippen molar-refractivity contribution in [2.24, 2.45) is 0 Å². The van der Waals surface area contributed by atoms with Crippen molar-refractivity contribution in [2.75, 3.05) is 18.6 Å². The van der Waals surface area contributed by atoms with Crippen molar-refractivity contribution in [3.8, 4) is 11.5 Å². The van der Waals surface area contributed by atoms with Gasteiger partial charge in [0.2, 0.25) is 0 Å². The standard InChI is InChI=1S/C24H21ClO6S2/c1-33(28,29)31-22-10-6-5-9-20(22)19(17-7-3-2-4-8-17)13-14-32-23-12-11-18(15-21(23)25)30-16-24(26)27/h2-13,15H,14,16H2,1H3,(H,26,27)/b19-13-. The molecule has 33 heavy (non-hydrogen) atoms. The Balaban J connectivity index is 1.87. The van der Waals surface area contributed by atoms with Gasteiger partial charge in [0.1, 0.15) is 11.5 Å². The van der Waals surface area contributed by atoms with Crippen molar-refractivity contribution in [2.45, 2.75) is 4.90 Å². The van der Waals surface area contributed by atoms with Gasteiger partial charge in [0.15, 0.2) is 6.61 Å². The largest absolute Gasteiger partial charge is 0.482 e. The summed E-state index contributed by atoms with van der Waals surface area (Å²) < 4.78 is 33.9. The van der Waals surface area contributed by atoms with Gasteiger partial charge in [-0.05, 0) is 35.4 Å². The molecule has 0 heterocycles. The van der Waals surface area contributed by atoms with Crippen LogP contribution in [0.3, 0.4) is 0 Å². The predicted octanol–water partition coefficient (Wildman–Crippen LogP) is 5.37. The maximum atomic E-state index is 11.8. The van der Waals surface area contributed by atoms with Gasteiger partial charge in [-0.25, -0.2) is 4.79 Å². The summed E-state index contributed by atoms with van der Waals surface area (Å²) in [4.78, 5) is 11.4. The van der Waals surface area contributed by atoms with Crippen molar-refractivity contribution in [1.29, 1.82) is 0 Å². The number of carboxylic acid groups (broad SMARTS) is 1. The molecule has 9 heteroatoms. The van der Waals surface area contributed by atoms with Gasteiger partial charge in [0, 0.05) is 16.2 Å². The second-order valence-corrected chi connectivity index (χ2v) is 9.90. The third-order valence-electron chi connectivity index (χ3n) is 4.30. The quantitative estimate of drug-likeness (QED) is 0.293. The minimum Gasteiger partial charge on any atom is -0.482 e. The van der Waals surface area contributed by atoms with Crippen molar-refractivity contribution < 1.29 is 27.2 Å². The van der Waals surface area contributed by atoms with E-state index in [0.717, 1.165) is 22.3 Å². The summed E-state index contributed by atoms with van der Waals surface area (Å²) in [6.07, 6.45) is 2.99. The van der Waals surface area contributed by atoms with Crippen LogP contribution in [-0.2, 0) is 14.9 Å². The first-order chi connectivity index (χ1) is 15.7. The molecule has 0 aliphatic heterocycles. The van der Waals surface area contributed by atoms with E-state index in [1.165, 1.54) is 11.8 Å². The zero-order valence-electron chi connectivity index (χ0n) is 17.6. The van der Waals surface area contributed by atoms with E-state index in [9.17, 15) is 13.2 Å². The number of carbonyl (C=O) groups is 1. The molecular formula is C24H21ClO6S2. The van der Waals surface area contributed by atoms with Crippen LogP contribution in [0.5, 0.6) is 11.5 Å². The van der Waals surface area contributed by atoms with E-state index in [1.54, 1.807) is 30.3 Å². The van der Waals surface area contributed by atoms with Gasteiger partial charge >= 0.3 is 16.1 Å². The summed E-state index contributed by atoms with van der Waals surface area (Å²) in [6, 6.07) is 21.6. The Kier molecular flexibility index (Phi) is 8.43. The number of halogens is 1. The zero-order valence-corrected chi connectivity index (χ0v) is 20.0. The first-order valence-electron chi connectivity index (χ1n) is 9.74. The summed E-state index contributed by atoms with van der Waals surface area (Å²) >= 11 is 7.81. The van der Waals surface area contributed by atoms with Gasteiger partial charge < -0.3 is 14.0 Å². The van der Waals surface area contributed by atoms with E-state index in [2.05, 4.69) is 0 Å². The summed E-state index contributed by atoms with van der Waals surface area (Å²) in [6.45, 7) is -0.444. The number of aliphatic carboxylic acids is 1. The summed E-state index contributed by atoms with van der Waals surface area (Å²) in [5.41, 5.74) is 2.38. The number of hydrogen-bond acceptors (Lipinski definition) is 6. The molecule has 0 aromatic heterocycles. The van der Waals surface area contributed by atoms with Crippen LogP contribution in [0.25, 0.3) is 5.57 Å². The van der Waals surface area contributed by atoms with Crippen LogP contribution in [0.1, 0.15) is 11.1 Å². The highest BCUT2D eigenvalue weighted by Crippen LogP contribution is 2.34. The molecule has 0 saturated carbocycles. The number of hydrogen-bond donors (Lipinski definition) is 1. The minimum atomic E-state index is -3.70. The van der Waals surface area contributed by atoms with Gasteiger partial charge in [0.25, 0.3) is 0 Å². The normalized spacial score (nSPS) is 11.8. The highest BCUT2D eigenvalue weighted by atomic mass is 35.5. The highest BCUT2D eigenvalue weighted by molar-refractivity contribution is 7.99. The van der Waals surface area contributed by atoms with Crippen molar-refractivity contribution >= 4 is 45.0 Å². The van der Waals surface area contributed by atoms with Crippen molar-refractivity contribution in [3.05, 3.63) is 95.0 Å². The average molecular weight is 505 g/mol. The average Bonchev–Trinajstić information content (AvgIpc) is 2.77. The fraction of sp³-hybridized carbons (Fsp3) is 0.125. The molecule has 0 radical (unpaired) electrons. The van der Waals surface area contributed by atoms with E-state index in [0.29, 0.717) is 22.1 Å². The molecule has 0 fully saturated rings. The number of para-hydroxylation sites is 1. The zero-order chi connectivity index (χ0) is 23.8. The number of ether oxygens (including phenoxy) is 1. The fourth-order valence-electron chi connectivity index (χ4n) is 2.97.